The second kappa shape index (κ2) is 3.41. The van der Waals surface area contributed by atoms with Crippen molar-refractivity contribution in [3.8, 4) is 11.4 Å². The Morgan fingerprint density at radius 1 is 1.29 bits per heavy atom. The molecule has 0 spiro atoms. The molecule has 3 nitrogen and oxygen atoms in total. The molecule has 4 heteroatoms. The number of nitrogens with one attached hydrogen (secondary N) is 1. The monoisotopic (exact) mass is 190 g/mol. The zero-order valence-corrected chi connectivity index (χ0v) is 7.20. The first-order chi connectivity index (χ1) is 6.79. The lowest BCUT2D eigenvalue weighted by Crippen LogP contribution is -1.86. The van der Waals surface area contributed by atoms with Crippen LogP contribution in [0.25, 0.3) is 11.4 Å². The molecule has 1 N–H and O–H groups in total. The Morgan fingerprint density at radius 2 is 2.14 bits per heavy atom. The van der Waals surface area contributed by atoms with Crippen molar-refractivity contribution in [2.24, 2.45) is 0 Å². The quantitative estimate of drug-likeness (QED) is 0.736. The van der Waals surface area contributed by atoms with Gasteiger partial charge in [0.2, 0.25) is 0 Å². The number of H-pyrrole nitrogens is 1. The van der Waals surface area contributed by atoms with E-state index in [0.29, 0.717) is 23.2 Å². The van der Waals surface area contributed by atoms with Gasteiger partial charge in [-0.15, -0.1) is 0 Å². The molecule has 0 amide bonds. The molecule has 0 aliphatic rings. The summed E-state index contributed by atoms with van der Waals surface area (Å²) in [6.07, 6.45) is 2.16. The van der Waals surface area contributed by atoms with Crippen LogP contribution in [0.4, 0.5) is 4.39 Å². The molecule has 0 saturated heterocycles. The Morgan fingerprint density at radius 3 is 2.64 bits per heavy atom. The highest BCUT2D eigenvalue weighted by molar-refractivity contribution is 5.74. The van der Waals surface area contributed by atoms with E-state index >= 15 is 0 Å². The smallest absolute Gasteiger partial charge is 0.191 e. The summed E-state index contributed by atoms with van der Waals surface area (Å²) in [4.78, 5) is 16.9. The molecule has 14 heavy (non-hydrogen) atoms. The van der Waals surface area contributed by atoms with E-state index in [2.05, 4.69) is 9.97 Å². The molecule has 0 radical (unpaired) electrons. The molecule has 0 aliphatic heterocycles. The SMILES string of the molecule is O=Cc1ccc(-c2ccc(F)[nH]2)nc1. The zero-order valence-electron chi connectivity index (χ0n) is 7.20. The van der Waals surface area contributed by atoms with Crippen molar-refractivity contribution in [2.75, 3.05) is 0 Å². The topological polar surface area (TPSA) is 45.8 Å². The van der Waals surface area contributed by atoms with Crippen LogP contribution in [0.15, 0.2) is 30.5 Å². The molecule has 2 heterocycles. The fourth-order valence-corrected chi connectivity index (χ4v) is 1.15. The first-order valence-electron chi connectivity index (χ1n) is 4.06. The van der Waals surface area contributed by atoms with E-state index in [9.17, 15) is 9.18 Å². The van der Waals surface area contributed by atoms with Crippen molar-refractivity contribution in [3.63, 3.8) is 0 Å². The van der Waals surface area contributed by atoms with Crippen LogP contribution in [0.3, 0.4) is 0 Å². The van der Waals surface area contributed by atoms with Gasteiger partial charge in [-0.1, -0.05) is 0 Å². The normalized spacial score (nSPS) is 10.1. The summed E-state index contributed by atoms with van der Waals surface area (Å²) >= 11 is 0. The highest BCUT2D eigenvalue weighted by Gasteiger charge is 2.01. The number of hydrogen-bond donors (Lipinski definition) is 1. The lowest BCUT2D eigenvalue weighted by molar-refractivity contribution is 0.112. The molecular weight excluding hydrogens is 183 g/mol. The lowest BCUT2D eigenvalue weighted by Gasteiger charge is -1.96. The third-order valence-electron chi connectivity index (χ3n) is 1.85. The molecule has 2 rings (SSSR count). The summed E-state index contributed by atoms with van der Waals surface area (Å²) < 4.78 is 12.6. The van der Waals surface area contributed by atoms with Gasteiger partial charge in [0, 0.05) is 11.8 Å². The summed E-state index contributed by atoms with van der Waals surface area (Å²) in [6, 6.07) is 6.21. The summed E-state index contributed by atoms with van der Waals surface area (Å²) in [5.74, 6) is -0.402. The number of rotatable bonds is 2. The van der Waals surface area contributed by atoms with Crippen molar-refractivity contribution in [2.45, 2.75) is 0 Å². The van der Waals surface area contributed by atoms with E-state index in [0.717, 1.165) is 0 Å². The van der Waals surface area contributed by atoms with Gasteiger partial charge in [0.25, 0.3) is 0 Å². The van der Waals surface area contributed by atoms with Crippen molar-refractivity contribution < 1.29 is 9.18 Å². The average Bonchev–Trinajstić information content (AvgIpc) is 2.65. The van der Waals surface area contributed by atoms with Crippen LogP contribution >= 0.6 is 0 Å². The molecule has 0 aliphatic carbocycles. The minimum absolute atomic E-state index is 0.402. The standard InChI is InChI=1S/C10H7FN2O/c11-10-4-3-9(13-10)8-2-1-7(6-14)5-12-8/h1-6,13H. The van der Waals surface area contributed by atoms with Crippen LogP contribution in [0.2, 0.25) is 0 Å². The first-order valence-corrected chi connectivity index (χ1v) is 4.06. The Balaban J connectivity index is 2.38. The van der Waals surface area contributed by atoms with Gasteiger partial charge < -0.3 is 4.98 Å². The largest absolute Gasteiger partial charge is 0.330 e. The fraction of sp³-hybridized carbons (Fsp3) is 0. The van der Waals surface area contributed by atoms with Crippen molar-refractivity contribution in [3.05, 3.63) is 42.0 Å². The minimum Gasteiger partial charge on any atom is -0.330 e. The van der Waals surface area contributed by atoms with Crippen molar-refractivity contribution in [1.29, 1.82) is 0 Å². The Labute approximate surface area is 79.6 Å². The molecule has 0 bridgehead atoms. The van der Waals surface area contributed by atoms with E-state index in [4.69, 9.17) is 0 Å². The van der Waals surface area contributed by atoms with E-state index in [1.807, 2.05) is 0 Å². The highest BCUT2D eigenvalue weighted by atomic mass is 19.1. The average molecular weight is 190 g/mol. The number of carbonyl (C=O) groups is 1. The molecule has 2 aromatic heterocycles. The van der Waals surface area contributed by atoms with Gasteiger partial charge in [0.15, 0.2) is 12.2 Å². The molecule has 0 aromatic carbocycles. The third kappa shape index (κ3) is 1.54. The maximum atomic E-state index is 12.6. The molecule has 0 atom stereocenters. The number of nitrogens with zero attached hydrogens (tertiary/aromatic N) is 1. The van der Waals surface area contributed by atoms with Gasteiger partial charge in [-0.25, -0.2) is 0 Å². The third-order valence-corrected chi connectivity index (χ3v) is 1.85. The van der Waals surface area contributed by atoms with Crippen LogP contribution in [-0.2, 0) is 0 Å². The number of aldehydes is 1. The number of aromatic nitrogens is 2. The van der Waals surface area contributed by atoms with Crippen molar-refractivity contribution >= 4 is 6.29 Å². The molecule has 0 unspecified atom stereocenters. The molecule has 0 fully saturated rings. The second-order valence-corrected chi connectivity index (χ2v) is 2.81. The van der Waals surface area contributed by atoms with E-state index in [1.165, 1.54) is 12.3 Å². The van der Waals surface area contributed by atoms with Crippen LogP contribution < -0.4 is 0 Å². The van der Waals surface area contributed by atoms with Gasteiger partial charge >= 0.3 is 0 Å². The first kappa shape index (κ1) is 8.62. The second-order valence-electron chi connectivity index (χ2n) is 2.81. The fourth-order valence-electron chi connectivity index (χ4n) is 1.15. The molecule has 0 saturated carbocycles. The van der Waals surface area contributed by atoms with Crippen LogP contribution in [0, 0.1) is 5.95 Å². The predicted octanol–water partition coefficient (Wildman–Crippen LogP) is 2.03. The van der Waals surface area contributed by atoms with Crippen LogP contribution in [-0.4, -0.2) is 16.3 Å². The zero-order chi connectivity index (χ0) is 9.97. The van der Waals surface area contributed by atoms with Crippen LogP contribution in [0.1, 0.15) is 10.4 Å². The van der Waals surface area contributed by atoms with Gasteiger partial charge in [-0.05, 0) is 24.3 Å². The maximum absolute atomic E-state index is 12.6. The number of pyridine rings is 1. The molecule has 2 aromatic rings. The predicted molar refractivity (Wildman–Crippen MR) is 49.4 cm³/mol. The van der Waals surface area contributed by atoms with E-state index in [-0.39, 0.29) is 0 Å². The minimum atomic E-state index is -0.402. The summed E-state index contributed by atoms with van der Waals surface area (Å²) in [6.45, 7) is 0. The van der Waals surface area contributed by atoms with Gasteiger partial charge in [-0.3, -0.25) is 9.78 Å². The Hall–Kier alpha value is -1.97. The van der Waals surface area contributed by atoms with Gasteiger partial charge in [-0.2, -0.15) is 4.39 Å². The Kier molecular flexibility index (Phi) is 2.10. The molecular formula is C10H7FN2O. The number of halogens is 1. The number of hydrogen-bond acceptors (Lipinski definition) is 2. The van der Waals surface area contributed by atoms with Crippen LogP contribution in [0.5, 0.6) is 0 Å². The van der Waals surface area contributed by atoms with Crippen molar-refractivity contribution in [1.82, 2.24) is 9.97 Å². The Bertz CT molecular complexity index is 447. The highest BCUT2D eigenvalue weighted by Crippen LogP contribution is 2.15. The lowest BCUT2D eigenvalue weighted by atomic mass is 10.2. The summed E-state index contributed by atoms with van der Waals surface area (Å²) in [5, 5.41) is 0. The number of aromatic amines is 1. The van der Waals surface area contributed by atoms with Gasteiger partial charge in [0.1, 0.15) is 0 Å². The number of carbonyl (C=O) groups excluding carboxylic acids is 1. The van der Waals surface area contributed by atoms with E-state index in [1.54, 1.807) is 18.2 Å². The maximum Gasteiger partial charge on any atom is 0.191 e. The summed E-state index contributed by atoms with van der Waals surface area (Å²) in [7, 11) is 0. The summed E-state index contributed by atoms with van der Waals surface area (Å²) in [5.41, 5.74) is 1.71. The van der Waals surface area contributed by atoms with Gasteiger partial charge in [0.05, 0.1) is 11.4 Å². The van der Waals surface area contributed by atoms with E-state index < -0.39 is 5.95 Å². The molecule has 70 valence electrons.